The van der Waals surface area contributed by atoms with Gasteiger partial charge in [0.25, 0.3) is 0 Å². The van der Waals surface area contributed by atoms with E-state index in [9.17, 15) is 10.1 Å². The number of hydrogen-bond acceptors (Lipinski definition) is 3. The molecular weight excluding hydrogens is 348 g/mol. The molecule has 1 aromatic heterocycles. The van der Waals surface area contributed by atoms with Crippen molar-refractivity contribution >= 4 is 12.0 Å². The summed E-state index contributed by atoms with van der Waals surface area (Å²) in [5.74, 6) is -0.130. The predicted molar refractivity (Wildman–Crippen MR) is 108 cm³/mol. The molecule has 5 nitrogen and oxygen atoms in total. The van der Waals surface area contributed by atoms with Crippen LogP contribution in [0.15, 0.2) is 61.1 Å². The van der Waals surface area contributed by atoms with Gasteiger partial charge in [-0.05, 0) is 54.7 Å². The fourth-order valence-corrected chi connectivity index (χ4v) is 3.67. The second-order valence-corrected chi connectivity index (χ2v) is 6.93. The lowest BCUT2D eigenvalue weighted by Gasteiger charge is -2.12. The maximum atomic E-state index is 12.4. The van der Waals surface area contributed by atoms with Gasteiger partial charge in [-0.25, -0.2) is 4.98 Å². The third kappa shape index (κ3) is 3.45. The van der Waals surface area contributed by atoms with Crippen LogP contribution in [0.5, 0.6) is 0 Å². The van der Waals surface area contributed by atoms with Gasteiger partial charge >= 0.3 is 0 Å². The lowest BCUT2D eigenvalue weighted by Crippen LogP contribution is -2.25. The minimum atomic E-state index is -0.130. The Labute approximate surface area is 164 Å². The topological polar surface area (TPSA) is 70.7 Å². The number of aryl methyl sites for hydroxylation is 2. The second-order valence-electron chi connectivity index (χ2n) is 6.93. The van der Waals surface area contributed by atoms with Crippen LogP contribution in [0.25, 0.3) is 11.8 Å². The maximum Gasteiger partial charge on any atom is 0.244 e. The molecule has 0 spiro atoms. The molecular formula is C23H20N4O. The minimum Gasteiger partial charge on any atom is -0.346 e. The average Bonchev–Trinajstić information content (AvgIpc) is 3.32. The molecule has 0 unspecified atom stereocenters. The summed E-state index contributed by atoms with van der Waals surface area (Å²) < 4.78 is 1.87. The molecule has 2 aromatic carbocycles. The highest BCUT2D eigenvalue weighted by Gasteiger charge is 2.22. The molecule has 5 heteroatoms. The number of aromatic nitrogens is 2. The molecule has 1 aliphatic rings. The molecule has 1 aliphatic carbocycles. The molecule has 3 aromatic rings. The van der Waals surface area contributed by atoms with Crippen molar-refractivity contribution in [3.8, 4) is 11.8 Å². The number of nitrogens with one attached hydrogen (secondary N) is 1. The molecule has 1 amide bonds. The van der Waals surface area contributed by atoms with Crippen LogP contribution in [0.2, 0.25) is 0 Å². The van der Waals surface area contributed by atoms with Gasteiger partial charge in [0.05, 0.1) is 23.6 Å². The molecule has 4 rings (SSSR count). The zero-order chi connectivity index (χ0) is 19.5. The summed E-state index contributed by atoms with van der Waals surface area (Å²) in [5, 5.41) is 12.6. The number of nitrogens with zero attached hydrogens (tertiary/aromatic N) is 3. The summed E-state index contributed by atoms with van der Waals surface area (Å²) in [6.45, 7) is 1.94. The standard InChI is InChI=1S/C23H20N4O/c1-16-14-25-15-27(16)22-10-6-17(12-19(22)13-24)7-11-23(28)26-21-9-8-18-4-2-3-5-20(18)21/h2-7,10-12,14-15,21H,8-9H2,1H3,(H,26,28)/b11-7+/t21-/m0/s1. The smallest absolute Gasteiger partial charge is 0.244 e. The molecule has 1 atom stereocenters. The highest BCUT2D eigenvalue weighted by atomic mass is 16.1. The highest BCUT2D eigenvalue weighted by molar-refractivity contribution is 5.92. The van der Waals surface area contributed by atoms with Crippen molar-refractivity contribution in [2.45, 2.75) is 25.8 Å². The monoisotopic (exact) mass is 368 g/mol. The molecule has 0 saturated heterocycles. The van der Waals surface area contributed by atoms with E-state index in [4.69, 9.17) is 0 Å². The first-order valence-corrected chi connectivity index (χ1v) is 9.25. The molecule has 0 aliphatic heterocycles. The molecule has 1 N–H and O–H groups in total. The van der Waals surface area contributed by atoms with E-state index in [0.29, 0.717) is 5.56 Å². The number of imidazole rings is 1. The third-order valence-corrected chi connectivity index (χ3v) is 5.10. The molecule has 0 fully saturated rings. The van der Waals surface area contributed by atoms with Gasteiger partial charge in [0.2, 0.25) is 5.91 Å². The van der Waals surface area contributed by atoms with Crippen LogP contribution >= 0.6 is 0 Å². The largest absolute Gasteiger partial charge is 0.346 e. The summed E-state index contributed by atoms with van der Waals surface area (Å²) in [7, 11) is 0. The van der Waals surface area contributed by atoms with Crippen molar-refractivity contribution in [1.29, 1.82) is 5.26 Å². The molecule has 0 bridgehead atoms. The van der Waals surface area contributed by atoms with E-state index in [0.717, 1.165) is 29.8 Å². The van der Waals surface area contributed by atoms with Gasteiger partial charge in [-0.3, -0.25) is 4.79 Å². The Morgan fingerprint density at radius 3 is 2.96 bits per heavy atom. The summed E-state index contributed by atoms with van der Waals surface area (Å²) >= 11 is 0. The van der Waals surface area contributed by atoms with Crippen LogP contribution in [-0.4, -0.2) is 15.5 Å². The highest BCUT2D eigenvalue weighted by Crippen LogP contribution is 2.30. The van der Waals surface area contributed by atoms with Gasteiger partial charge in [0, 0.05) is 18.0 Å². The van der Waals surface area contributed by atoms with Crippen molar-refractivity contribution < 1.29 is 4.79 Å². The molecule has 1 heterocycles. The van der Waals surface area contributed by atoms with E-state index >= 15 is 0 Å². The van der Waals surface area contributed by atoms with E-state index in [-0.39, 0.29) is 11.9 Å². The lowest BCUT2D eigenvalue weighted by atomic mass is 10.1. The summed E-state index contributed by atoms with van der Waals surface area (Å²) in [6.07, 6.45) is 8.62. The van der Waals surface area contributed by atoms with Gasteiger partial charge in [-0.1, -0.05) is 30.3 Å². The minimum absolute atomic E-state index is 0.0645. The normalized spacial score (nSPS) is 15.4. The fourth-order valence-electron chi connectivity index (χ4n) is 3.67. The Bertz CT molecular complexity index is 1100. The number of amides is 1. The molecule has 0 saturated carbocycles. The van der Waals surface area contributed by atoms with Crippen LogP contribution in [0.4, 0.5) is 0 Å². The lowest BCUT2D eigenvalue weighted by molar-refractivity contribution is -0.117. The molecule has 0 radical (unpaired) electrons. The Balaban J connectivity index is 1.48. The van der Waals surface area contributed by atoms with Crippen molar-refractivity contribution in [1.82, 2.24) is 14.9 Å². The van der Waals surface area contributed by atoms with Gasteiger partial charge < -0.3 is 9.88 Å². The van der Waals surface area contributed by atoms with Gasteiger partial charge in [-0.15, -0.1) is 0 Å². The number of rotatable bonds is 4. The van der Waals surface area contributed by atoms with E-state index < -0.39 is 0 Å². The van der Waals surface area contributed by atoms with Crippen LogP contribution in [0.3, 0.4) is 0 Å². The number of benzene rings is 2. The number of carbonyl (C=O) groups is 1. The van der Waals surface area contributed by atoms with Gasteiger partial charge in [0.15, 0.2) is 0 Å². The van der Waals surface area contributed by atoms with Crippen molar-refractivity contribution in [2.75, 3.05) is 0 Å². The first kappa shape index (κ1) is 17.7. The SMILES string of the molecule is Cc1cncn1-c1ccc(/C=C/C(=O)N[C@H]2CCc3ccccc32)cc1C#N. The van der Waals surface area contributed by atoms with Crippen LogP contribution in [-0.2, 0) is 11.2 Å². The van der Waals surface area contributed by atoms with Crippen LogP contribution < -0.4 is 5.32 Å². The average molecular weight is 368 g/mol. The van der Waals surface area contributed by atoms with Crippen LogP contribution in [0, 0.1) is 18.3 Å². The molecule has 28 heavy (non-hydrogen) atoms. The number of hydrogen-bond donors (Lipinski definition) is 1. The zero-order valence-electron chi connectivity index (χ0n) is 15.6. The van der Waals surface area contributed by atoms with Crippen molar-refractivity contribution in [2.24, 2.45) is 0 Å². The summed E-state index contributed by atoms with van der Waals surface area (Å²) in [5.41, 5.74) is 5.59. The number of nitriles is 1. The Hall–Kier alpha value is -3.65. The Morgan fingerprint density at radius 1 is 1.32 bits per heavy atom. The summed E-state index contributed by atoms with van der Waals surface area (Å²) in [4.78, 5) is 16.5. The zero-order valence-corrected chi connectivity index (χ0v) is 15.6. The van der Waals surface area contributed by atoms with E-state index in [2.05, 4.69) is 28.5 Å². The fraction of sp³-hybridized carbons (Fsp3) is 0.174. The third-order valence-electron chi connectivity index (χ3n) is 5.10. The van der Waals surface area contributed by atoms with Crippen molar-refractivity contribution in [3.63, 3.8) is 0 Å². The summed E-state index contributed by atoms with van der Waals surface area (Å²) in [6, 6.07) is 16.1. The Kier molecular flexibility index (Phi) is 4.77. The van der Waals surface area contributed by atoms with E-state index in [1.54, 1.807) is 24.7 Å². The first-order valence-electron chi connectivity index (χ1n) is 9.25. The first-order chi connectivity index (χ1) is 13.7. The quantitative estimate of drug-likeness (QED) is 0.711. The van der Waals surface area contributed by atoms with Crippen molar-refractivity contribution in [3.05, 3.63) is 89.0 Å². The van der Waals surface area contributed by atoms with E-state index in [1.807, 2.05) is 35.8 Å². The van der Waals surface area contributed by atoms with E-state index in [1.165, 1.54) is 17.2 Å². The van der Waals surface area contributed by atoms with Gasteiger partial charge in [0.1, 0.15) is 6.07 Å². The Morgan fingerprint density at radius 2 is 2.18 bits per heavy atom. The second kappa shape index (κ2) is 7.53. The number of carbonyl (C=O) groups excluding carboxylic acids is 1. The van der Waals surface area contributed by atoms with Crippen LogP contribution in [0.1, 0.15) is 40.4 Å². The van der Waals surface area contributed by atoms with Gasteiger partial charge in [-0.2, -0.15) is 5.26 Å². The number of fused-ring (bicyclic) bond motifs is 1. The predicted octanol–water partition coefficient (Wildman–Crippen LogP) is 3.87. The maximum absolute atomic E-state index is 12.4. The molecule has 138 valence electrons.